The van der Waals surface area contributed by atoms with Gasteiger partial charge in [-0.3, -0.25) is 4.57 Å². The minimum atomic E-state index is -1.12. The van der Waals surface area contributed by atoms with E-state index in [4.69, 9.17) is 21.9 Å². The fraction of sp³-hybridized carbons (Fsp3) is 0.643. The Labute approximate surface area is 138 Å². The van der Waals surface area contributed by atoms with E-state index in [1.165, 1.54) is 12.7 Å². The molecule has 24 heavy (non-hydrogen) atoms. The zero-order chi connectivity index (χ0) is 17.3. The molecule has 3 rings (SSSR count). The van der Waals surface area contributed by atoms with Crippen molar-refractivity contribution in [2.45, 2.75) is 49.8 Å². The normalized spacial score (nSPS) is 28.5. The quantitative estimate of drug-likeness (QED) is 0.420. The van der Waals surface area contributed by atoms with Crippen molar-refractivity contribution >= 4 is 17.0 Å². The maximum Gasteiger partial charge on any atom is 0.167 e. The van der Waals surface area contributed by atoms with Crippen molar-refractivity contribution < 1.29 is 14.9 Å². The molecule has 5 atom stereocenters. The zero-order valence-electron chi connectivity index (χ0n) is 13.2. The smallest absolute Gasteiger partial charge is 0.167 e. The van der Waals surface area contributed by atoms with Crippen LogP contribution in [0.25, 0.3) is 11.2 Å². The Kier molecular flexibility index (Phi) is 4.92. The molecule has 2 aromatic heterocycles. The standard InChI is InChI=1S/C14H23N7O3/c15-3-1-2-7(16)4-8-10(22)11(23)14(24-8)21-6-20-9-12(17)18-5-19-13(9)21/h5-8,10-11,14,22-23H,1-4,15-16H2,(H2,17,18,19)/t7?,8-,10-,11-,14-/m1/s1. The Bertz CT molecular complexity index is 694. The van der Waals surface area contributed by atoms with Crippen molar-refractivity contribution in [1.82, 2.24) is 19.5 Å². The van der Waals surface area contributed by atoms with Crippen molar-refractivity contribution in [3.8, 4) is 0 Å². The van der Waals surface area contributed by atoms with E-state index in [2.05, 4.69) is 15.0 Å². The van der Waals surface area contributed by atoms with Gasteiger partial charge in [-0.05, 0) is 25.8 Å². The second kappa shape index (κ2) is 6.95. The highest BCUT2D eigenvalue weighted by molar-refractivity contribution is 5.81. The minimum Gasteiger partial charge on any atom is -0.388 e. The number of anilines is 1. The largest absolute Gasteiger partial charge is 0.388 e. The summed E-state index contributed by atoms with van der Waals surface area (Å²) in [7, 11) is 0. The molecule has 2 aromatic rings. The molecule has 1 aliphatic rings. The van der Waals surface area contributed by atoms with Crippen LogP contribution in [0.4, 0.5) is 5.82 Å². The lowest BCUT2D eigenvalue weighted by Crippen LogP contribution is -2.35. The van der Waals surface area contributed by atoms with E-state index in [0.29, 0.717) is 24.1 Å². The third-order valence-electron chi connectivity index (χ3n) is 4.31. The lowest BCUT2D eigenvalue weighted by molar-refractivity contribution is -0.0387. The van der Waals surface area contributed by atoms with Crippen molar-refractivity contribution in [3.63, 3.8) is 0 Å². The molecule has 0 spiro atoms. The van der Waals surface area contributed by atoms with E-state index in [0.717, 1.165) is 12.8 Å². The molecule has 0 radical (unpaired) electrons. The molecule has 1 fully saturated rings. The van der Waals surface area contributed by atoms with Gasteiger partial charge in [-0.25, -0.2) is 15.0 Å². The van der Waals surface area contributed by atoms with Gasteiger partial charge in [-0.15, -0.1) is 0 Å². The van der Waals surface area contributed by atoms with E-state index in [1.54, 1.807) is 4.57 Å². The highest BCUT2D eigenvalue weighted by Crippen LogP contribution is 2.33. The van der Waals surface area contributed by atoms with Crippen LogP contribution in [0.2, 0.25) is 0 Å². The van der Waals surface area contributed by atoms with E-state index < -0.39 is 24.5 Å². The summed E-state index contributed by atoms with van der Waals surface area (Å²) < 4.78 is 7.39. The molecule has 0 amide bonds. The predicted molar refractivity (Wildman–Crippen MR) is 86.5 cm³/mol. The fourth-order valence-electron chi connectivity index (χ4n) is 3.01. The average molecular weight is 337 g/mol. The fourth-order valence-corrected chi connectivity index (χ4v) is 3.01. The second-order valence-electron chi connectivity index (χ2n) is 6.06. The topological polar surface area (TPSA) is 171 Å². The highest BCUT2D eigenvalue weighted by Gasteiger charge is 2.44. The molecule has 0 saturated carbocycles. The Morgan fingerprint density at radius 3 is 2.79 bits per heavy atom. The molecule has 10 nitrogen and oxygen atoms in total. The first-order valence-corrected chi connectivity index (χ1v) is 7.93. The highest BCUT2D eigenvalue weighted by atomic mass is 16.6. The number of rotatable bonds is 6. The van der Waals surface area contributed by atoms with Gasteiger partial charge in [0.25, 0.3) is 0 Å². The lowest BCUT2D eigenvalue weighted by atomic mass is 10.0. The van der Waals surface area contributed by atoms with Gasteiger partial charge in [0.15, 0.2) is 17.7 Å². The maximum absolute atomic E-state index is 10.4. The van der Waals surface area contributed by atoms with Gasteiger partial charge < -0.3 is 32.2 Å². The number of nitrogen functional groups attached to an aromatic ring is 1. The summed E-state index contributed by atoms with van der Waals surface area (Å²) in [6.45, 7) is 0.565. The van der Waals surface area contributed by atoms with Gasteiger partial charge in [-0.1, -0.05) is 0 Å². The number of nitrogens with two attached hydrogens (primary N) is 3. The van der Waals surface area contributed by atoms with Crippen LogP contribution in [-0.2, 0) is 4.74 Å². The van der Waals surface area contributed by atoms with Crippen LogP contribution in [0.5, 0.6) is 0 Å². The number of aliphatic hydroxyl groups is 2. The summed E-state index contributed by atoms with van der Waals surface area (Å²) >= 11 is 0. The number of hydrogen-bond donors (Lipinski definition) is 5. The van der Waals surface area contributed by atoms with Crippen molar-refractivity contribution in [2.24, 2.45) is 11.5 Å². The van der Waals surface area contributed by atoms with Crippen LogP contribution in [0, 0.1) is 0 Å². The van der Waals surface area contributed by atoms with E-state index in [-0.39, 0.29) is 11.9 Å². The van der Waals surface area contributed by atoms with Crippen molar-refractivity contribution in [2.75, 3.05) is 12.3 Å². The Morgan fingerprint density at radius 1 is 1.25 bits per heavy atom. The first-order valence-electron chi connectivity index (χ1n) is 7.93. The molecule has 0 bridgehead atoms. The number of nitrogens with zero attached hydrogens (tertiary/aromatic N) is 4. The second-order valence-corrected chi connectivity index (χ2v) is 6.06. The Balaban J connectivity index is 1.78. The Hall–Kier alpha value is -1.85. The summed E-state index contributed by atoms with van der Waals surface area (Å²) in [4.78, 5) is 12.2. The maximum atomic E-state index is 10.4. The van der Waals surface area contributed by atoms with E-state index in [9.17, 15) is 10.2 Å². The van der Waals surface area contributed by atoms with E-state index in [1.807, 2.05) is 0 Å². The number of fused-ring (bicyclic) bond motifs is 1. The first-order chi connectivity index (χ1) is 11.5. The lowest BCUT2D eigenvalue weighted by Gasteiger charge is -2.19. The SMILES string of the molecule is NCCCC(N)C[C@H]1O[C@@H](n2cnc3c(N)ncnc32)[C@H](O)[C@@H]1O. The molecule has 10 heteroatoms. The molecule has 132 valence electrons. The average Bonchev–Trinajstić information content (AvgIpc) is 3.10. The molecular weight excluding hydrogens is 314 g/mol. The van der Waals surface area contributed by atoms with Gasteiger partial charge in [0.2, 0.25) is 0 Å². The van der Waals surface area contributed by atoms with Gasteiger partial charge in [0.1, 0.15) is 24.1 Å². The molecule has 0 aromatic carbocycles. The van der Waals surface area contributed by atoms with Crippen molar-refractivity contribution in [3.05, 3.63) is 12.7 Å². The molecule has 1 aliphatic heterocycles. The Morgan fingerprint density at radius 2 is 2.04 bits per heavy atom. The first kappa shape index (κ1) is 17.0. The third-order valence-corrected chi connectivity index (χ3v) is 4.31. The minimum absolute atomic E-state index is 0.156. The van der Waals surface area contributed by atoms with Gasteiger partial charge in [-0.2, -0.15) is 0 Å². The summed E-state index contributed by atoms with van der Waals surface area (Å²) in [5.74, 6) is 0.243. The third kappa shape index (κ3) is 3.06. The molecular formula is C14H23N7O3. The summed E-state index contributed by atoms with van der Waals surface area (Å²) in [6.07, 6.45) is 1.19. The molecule has 3 heterocycles. The van der Waals surface area contributed by atoms with Crippen LogP contribution < -0.4 is 17.2 Å². The zero-order valence-corrected chi connectivity index (χ0v) is 13.2. The van der Waals surface area contributed by atoms with Gasteiger partial charge >= 0.3 is 0 Å². The van der Waals surface area contributed by atoms with Crippen LogP contribution in [0.3, 0.4) is 0 Å². The van der Waals surface area contributed by atoms with Crippen LogP contribution in [-0.4, -0.2) is 60.6 Å². The van der Waals surface area contributed by atoms with Gasteiger partial charge in [0, 0.05) is 6.04 Å². The van der Waals surface area contributed by atoms with Crippen LogP contribution >= 0.6 is 0 Å². The number of ether oxygens (including phenoxy) is 1. The van der Waals surface area contributed by atoms with E-state index >= 15 is 0 Å². The summed E-state index contributed by atoms with van der Waals surface area (Å²) in [5.41, 5.74) is 18.1. The number of imidazole rings is 1. The summed E-state index contributed by atoms with van der Waals surface area (Å²) in [6, 6.07) is -0.156. The number of aromatic nitrogens is 4. The molecule has 1 unspecified atom stereocenters. The number of hydrogen-bond acceptors (Lipinski definition) is 9. The van der Waals surface area contributed by atoms with Gasteiger partial charge in [0.05, 0.1) is 12.4 Å². The molecule has 8 N–H and O–H groups in total. The summed E-state index contributed by atoms with van der Waals surface area (Å²) in [5, 5.41) is 20.6. The van der Waals surface area contributed by atoms with Crippen molar-refractivity contribution in [1.29, 1.82) is 0 Å². The van der Waals surface area contributed by atoms with Crippen LogP contribution in [0.15, 0.2) is 12.7 Å². The monoisotopic (exact) mass is 337 g/mol. The molecule has 0 aliphatic carbocycles. The van der Waals surface area contributed by atoms with Crippen LogP contribution in [0.1, 0.15) is 25.5 Å². The molecule has 1 saturated heterocycles. The number of aliphatic hydroxyl groups excluding tert-OH is 2. The predicted octanol–water partition coefficient (Wildman–Crippen LogP) is -1.52.